The van der Waals surface area contributed by atoms with E-state index in [-0.39, 0.29) is 34.8 Å². The fourth-order valence-corrected chi connectivity index (χ4v) is 6.88. The van der Waals surface area contributed by atoms with Crippen LogP contribution in [0.1, 0.15) is 12.1 Å². The number of hydrogen-bond donors (Lipinski definition) is 6. The number of carboxylic acid groups (broad SMARTS) is 2. The average Bonchev–Trinajstić information content (AvgIpc) is 3.71. The summed E-state index contributed by atoms with van der Waals surface area (Å²) in [6.45, 7) is -1.46. The first-order chi connectivity index (χ1) is 22.1. The summed E-state index contributed by atoms with van der Waals surface area (Å²) >= 11 is 0.901. The SMILES string of the molecule is Nc1nc(/C(=N/OC2(C(=O)O)COC2)C(=O)N[C@H]2CON(C3(C(=O)O)CC(N4C=C5C=C(O)C(O)=CN5S4(=O)=O)C(=O)O3)C2=O)cs1. The molecule has 22 nitrogen and oxygen atoms in total. The van der Waals surface area contributed by atoms with Gasteiger partial charge in [0.05, 0.1) is 18.3 Å². The zero-order valence-electron chi connectivity index (χ0n) is 23.2. The molecule has 0 spiro atoms. The highest BCUT2D eigenvalue weighted by molar-refractivity contribution is 7.87. The Balaban J connectivity index is 1.22. The number of carboxylic acids is 2. The number of aliphatic carboxylic acids is 2. The Hall–Kier alpha value is -5.46. The van der Waals surface area contributed by atoms with Gasteiger partial charge in [0.2, 0.25) is 0 Å². The molecule has 250 valence electrons. The number of fused-ring (bicyclic) bond motifs is 1. The van der Waals surface area contributed by atoms with Gasteiger partial charge in [0.25, 0.3) is 17.4 Å². The Bertz CT molecular complexity index is 1850. The molecule has 0 radical (unpaired) electrons. The van der Waals surface area contributed by atoms with Gasteiger partial charge in [-0.1, -0.05) is 5.16 Å². The number of nitrogens with two attached hydrogens (primary N) is 1. The molecule has 0 aliphatic carbocycles. The van der Waals surface area contributed by atoms with Crippen molar-refractivity contribution in [3.05, 3.63) is 46.8 Å². The van der Waals surface area contributed by atoms with Crippen LogP contribution in [-0.4, -0.2) is 126 Å². The minimum atomic E-state index is -4.65. The number of aliphatic hydroxyl groups excluding tert-OH is 2. The highest BCUT2D eigenvalue weighted by atomic mass is 32.2. The van der Waals surface area contributed by atoms with Crippen LogP contribution in [-0.2, 0) is 53.3 Å². The molecule has 7 N–H and O–H groups in total. The van der Waals surface area contributed by atoms with Crippen molar-refractivity contribution in [1.82, 2.24) is 24.0 Å². The van der Waals surface area contributed by atoms with Gasteiger partial charge in [-0.2, -0.15) is 13.5 Å². The van der Waals surface area contributed by atoms with Gasteiger partial charge in [-0.3, -0.25) is 14.4 Å². The first kappa shape index (κ1) is 31.5. The molecule has 6 rings (SSSR count). The Morgan fingerprint density at radius 1 is 1.15 bits per heavy atom. The number of ether oxygens (including phenoxy) is 2. The number of amides is 2. The van der Waals surface area contributed by atoms with E-state index in [0.717, 1.165) is 23.6 Å². The van der Waals surface area contributed by atoms with Crippen LogP contribution in [0.15, 0.2) is 46.2 Å². The lowest BCUT2D eigenvalue weighted by Crippen LogP contribution is -2.58. The van der Waals surface area contributed by atoms with Crippen molar-refractivity contribution in [3.63, 3.8) is 0 Å². The van der Waals surface area contributed by atoms with Gasteiger partial charge < -0.3 is 45.8 Å². The average molecular weight is 700 g/mol. The quantitative estimate of drug-likeness (QED) is 0.0862. The number of aromatic nitrogens is 1. The van der Waals surface area contributed by atoms with E-state index in [1.807, 2.05) is 0 Å². The van der Waals surface area contributed by atoms with Crippen molar-refractivity contribution in [3.8, 4) is 0 Å². The molecule has 0 aromatic carbocycles. The van der Waals surface area contributed by atoms with Crippen LogP contribution in [0.5, 0.6) is 0 Å². The van der Waals surface area contributed by atoms with E-state index >= 15 is 0 Å². The molecule has 6 heterocycles. The number of oxime groups is 1. The Morgan fingerprint density at radius 3 is 2.47 bits per heavy atom. The molecule has 0 bridgehead atoms. The molecule has 5 aliphatic heterocycles. The molecule has 3 saturated heterocycles. The van der Waals surface area contributed by atoms with E-state index < -0.39 is 93.6 Å². The number of thiazole rings is 1. The van der Waals surface area contributed by atoms with Gasteiger partial charge in [0.15, 0.2) is 22.4 Å². The van der Waals surface area contributed by atoms with Crippen molar-refractivity contribution in [2.45, 2.75) is 29.8 Å². The van der Waals surface area contributed by atoms with E-state index in [1.54, 1.807) is 0 Å². The van der Waals surface area contributed by atoms with Gasteiger partial charge in [-0.05, 0) is 0 Å². The second-order valence-electron chi connectivity index (χ2n) is 10.3. The molecule has 47 heavy (non-hydrogen) atoms. The van der Waals surface area contributed by atoms with Crippen LogP contribution >= 0.6 is 11.3 Å². The number of hydroxylamine groups is 2. The standard InChI is InChI=1S/C23H21N7O15S2/c24-21-26-11(6-46-21)15(27-45-22(19(36)37)7-42-8-22)16(33)25-10-5-43-30(17(10)34)23(20(38)39)2-12(18(35)44-23)29-3-9-1-13(31)14(32)4-28(9)47(29,40)41/h1,3-4,6,10,12,31-32H,2,5,7-8H2,(H2,24,26)(H,25,33)(H,36,37)(H,38,39)/b27-15-/t10-,12?,23?/m0/s1. The summed E-state index contributed by atoms with van der Waals surface area (Å²) in [6, 6.07) is -3.50. The lowest BCUT2D eigenvalue weighted by Gasteiger charge is -2.34. The molecule has 3 fully saturated rings. The summed E-state index contributed by atoms with van der Waals surface area (Å²) < 4.78 is 37.2. The number of esters is 1. The van der Waals surface area contributed by atoms with Crippen molar-refractivity contribution >= 4 is 62.1 Å². The summed E-state index contributed by atoms with van der Waals surface area (Å²) in [6.07, 6.45) is 1.42. The van der Waals surface area contributed by atoms with Gasteiger partial charge in [0, 0.05) is 17.7 Å². The Morgan fingerprint density at radius 2 is 1.87 bits per heavy atom. The molecule has 2 unspecified atom stereocenters. The molecule has 5 aliphatic rings. The predicted octanol–water partition coefficient (Wildman–Crippen LogP) is -2.79. The summed E-state index contributed by atoms with van der Waals surface area (Å²) in [7, 11) is -4.65. The predicted molar refractivity (Wildman–Crippen MR) is 147 cm³/mol. The topological polar surface area (TPSA) is 310 Å². The van der Waals surface area contributed by atoms with Crippen molar-refractivity contribution in [2.24, 2.45) is 5.16 Å². The Kier molecular flexibility index (Phi) is 7.26. The maximum atomic E-state index is 13.4. The van der Waals surface area contributed by atoms with E-state index in [1.165, 1.54) is 5.38 Å². The molecule has 3 atom stereocenters. The van der Waals surface area contributed by atoms with Gasteiger partial charge in [0.1, 0.15) is 37.6 Å². The highest BCUT2D eigenvalue weighted by Crippen LogP contribution is 2.41. The number of carbonyl (C=O) groups is 5. The Labute approximate surface area is 265 Å². The van der Waals surface area contributed by atoms with Crippen LogP contribution in [0.3, 0.4) is 0 Å². The van der Waals surface area contributed by atoms with Crippen LogP contribution in [0.4, 0.5) is 5.13 Å². The lowest BCUT2D eigenvalue weighted by atomic mass is 10.0. The van der Waals surface area contributed by atoms with Crippen LogP contribution in [0, 0.1) is 0 Å². The number of nitrogens with one attached hydrogen (secondary N) is 1. The number of hydrogen-bond acceptors (Lipinski definition) is 17. The number of rotatable bonds is 9. The number of nitrogen functional groups attached to an aromatic ring is 1. The van der Waals surface area contributed by atoms with Crippen molar-refractivity contribution < 1.29 is 72.0 Å². The van der Waals surface area contributed by atoms with E-state index in [0.29, 0.717) is 14.8 Å². The largest absolute Gasteiger partial charge is 0.504 e. The third-order valence-corrected chi connectivity index (χ3v) is 9.70. The normalized spacial score (nSPS) is 27.7. The first-order valence-corrected chi connectivity index (χ1v) is 15.3. The van der Waals surface area contributed by atoms with Crippen molar-refractivity contribution in [2.75, 3.05) is 25.6 Å². The number of aliphatic hydroxyl groups is 2. The number of cyclic esters (lactones) is 1. The number of allylic oxidation sites excluding steroid dienone is 1. The first-order valence-electron chi connectivity index (χ1n) is 13.0. The fraction of sp³-hybridized carbons (Fsp3) is 0.348. The zero-order valence-corrected chi connectivity index (χ0v) is 24.8. The number of nitrogens with zero attached hydrogens (tertiary/aromatic N) is 5. The van der Waals surface area contributed by atoms with Gasteiger partial charge in [-0.15, -0.1) is 11.3 Å². The molecule has 0 saturated carbocycles. The maximum Gasteiger partial charge on any atom is 0.372 e. The number of carbonyl (C=O) groups excluding carboxylic acids is 3. The highest BCUT2D eigenvalue weighted by Gasteiger charge is 2.65. The maximum absolute atomic E-state index is 13.4. The fourth-order valence-electron chi connectivity index (χ4n) is 4.80. The molecule has 2 amide bonds. The third kappa shape index (κ3) is 4.93. The van der Waals surface area contributed by atoms with Gasteiger partial charge in [-0.25, -0.2) is 28.0 Å². The minimum Gasteiger partial charge on any atom is -0.504 e. The third-order valence-electron chi connectivity index (χ3n) is 7.32. The lowest BCUT2D eigenvalue weighted by molar-refractivity contribution is -0.256. The molecule has 1 aromatic rings. The van der Waals surface area contributed by atoms with Crippen LogP contribution in [0.25, 0.3) is 0 Å². The zero-order chi connectivity index (χ0) is 34.1. The summed E-state index contributed by atoms with van der Waals surface area (Å²) in [5, 5.41) is 46.5. The monoisotopic (exact) mass is 699 g/mol. The summed E-state index contributed by atoms with van der Waals surface area (Å²) in [5.74, 6) is -8.62. The second-order valence-corrected chi connectivity index (χ2v) is 12.9. The summed E-state index contributed by atoms with van der Waals surface area (Å²) in [4.78, 5) is 78.1. The van der Waals surface area contributed by atoms with Crippen LogP contribution in [0.2, 0.25) is 0 Å². The van der Waals surface area contributed by atoms with E-state index in [4.69, 9.17) is 24.9 Å². The molecular weight excluding hydrogens is 678 g/mol. The summed E-state index contributed by atoms with van der Waals surface area (Å²) in [5.41, 5.74) is -0.140. The van der Waals surface area contributed by atoms with E-state index in [2.05, 4.69) is 15.5 Å². The van der Waals surface area contributed by atoms with Crippen molar-refractivity contribution in [1.29, 1.82) is 0 Å². The second kappa shape index (κ2) is 10.8. The molecule has 24 heteroatoms. The molecular formula is C23H21N7O15S2. The van der Waals surface area contributed by atoms with Crippen LogP contribution < -0.4 is 11.1 Å². The van der Waals surface area contributed by atoms with E-state index in [9.17, 15) is 52.8 Å². The smallest absolute Gasteiger partial charge is 0.372 e. The minimum absolute atomic E-state index is 0.000222. The molecule has 1 aromatic heterocycles. The number of anilines is 1. The van der Waals surface area contributed by atoms with Gasteiger partial charge >= 0.3 is 33.8 Å².